The highest BCUT2D eigenvalue weighted by molar-refractivity contribution is 4.99. The molecule has 0 spiro atoms. The van der Waals surface area contributed by atoms with Gasteiger partial charge < -0.3 is 20.1 Å². The van der Waals surface area contributed by atoms with E-state index in [1.54, 1.807) is 0 Å². The van der Waals surface area contributed by atoms with Crippen LogP contribution in [0.25, 0.3) is 0 Å². The van der Waals surface area contributed by atoms with Gasteiger partial charge in [0, 0.05) is 18.2 Å². The van der Waals surface area contributed by atoms with E-state index >= 15 is 0 Å². The van der Waals surface area contributed by atoms with Crippen molar-refractivity contribution in [3.05, 3.63) is 0 Å². The number of nitrogens with zero attached hydrogens (tertiary/aromatic N) is 1. The molecule has 2 N–H and O–H groups in total. The molecule has 0 radical (unpaired) electrons. The SMILES string of the molecule is CCCNC1(CO)CCCC1CCN(C)C1CCOC1. The standard InChI is InChI=1S/C16H32N2O2/c1-3-9-17-16(13-19)8-4-5-14(16)6-10-18(2)15-7-11-20-12-15/h14-15,17,19H,3-13H2,1-2H3. The Morgan fingerprint density at radius 1 is 1.40 bits per heavy atom. The fourth-order valence-corrected chi connectivity index (χ4v) is 3.85. The Bertz CT molecular complexity index is 282. The van der Waals surface area contributed by atoms with Crippen molar-refractivity contribution in [1.82, 2.24) is 10.2 Å². The van der Waals surface area contributed by atoms with Gasteiger partial charge in [-0.3, -0.25) is 0 Å². The van der Waals surface area contributed by atoms with Gasteiger partial charge in [-0.05, 0) is 58.2 Å². The lowest BCUT2D eigenvalue weighted by Crippen LogP contribution is -2.52. The minimum atomic E-state index is -0.0109. The number of hydrogen-bond acceptors (Lipinski definition) is 4. The van der Waals surface area contributed by atoms with Crippen molar-refractivity contribution >= 4 is 0 Å². The molecule has 0 aromatic rings. The van der Waals surface area contributed by atoms with E-state index in [0.717, 1.165) is 39.1 Å². The molecule has 4 nitrogen and oxygen atoms in total. The normalized spacial score (nSPS) is 34.2. The van der Waals surface area contributed by atoms with Crippen molar-refractivity contribution in [3.63, 3.8) is 0 Å². The largest absolute Gasteiger partial charge is 0.394 e. The van der Waals surface area contributed by atoms with Crippen molar-refractivity contribution in [3.8, 4) is 0 Å². The van der Waals surface area contributed by atoms with Crippen LogP contribution in [0.3, 0.4) is 0 Å². The molecule has 1 saturated carbocycles. The van der Waals surface area contributed by atoms with Gasteiger partial charge in [0.1, 0.15) is 0 Å². The maximum absolute atomic E-state index is 9.89. The first-order valence-corrected chi connectivity index (χ1v) is 8.35. The Labute approximate surface area is 123 Å². The Kier molecular flexibility index (Phi) is 6.27. The van der Waals surface area contributed by atoms with E-state index in [1.165, 1.54) is 25.7 Å². The third-order valence-corrected chi connectivity index (χ3v) is 5.33. The average Bonchev–Trinajstić information content (AvgIpc) is 3.12. The van der Waals surface area contributed by atoms with Crippen molar-refractivity contribution in [2.24, 2.45) is 5.92 Å². The summed E-state index contributed by atoms with van der Waals surface area (Å²) in [6, 6.07) is 0.600. The number of aliphatic hydroxyl groups is 1. The van der Waals surface area contributed by atoms with Gasteiger partial charge in [0.2, 0.25) is 0 Å². The van der Waals surface area contributed by atoms with Crippen LogP contribution >= 0.6 is 0 Å². The van der Waals surface area contributed by atoms with E-state index in [-0.39, 0.29) is 12.1 Å². The van der Waals surface area contributed by atoms with E-state index in [9.17, 15) is 5.11 Å². The van der Waals surface area contributed by atoms with Crippen molar-refractivity contribution in [2.75, 3.05) is 40.0 Å². The molecule has 0 bridgehead atoms. The fraction of sp³-hybridized carbons (Fsp3) is 1.00. The van der Waals surface area contributed by atoms with Gasteiger partial charge in [-0.2, -0.15) is 0 Å². The summed E-state index contributed by atoms with van der Waals surface area (Å²) in [4.78, 5) is 2.45. The summed E-state index contributed by atoms with van der Waals surface area (Å²) in [7, 11) is 2.22. The van der Waals surface area contributed by atoms with Crippen molar-refractivity contribution in [2.45, 2.75) is 57.0 Å². The van der Waals surface area contributed by atoms with Crippen LogP contribution in [0.2, 0.25) is 0 Å². The number of ether oxygens (including phenoxy) is 1. The fourth-order valence-electron chi connectivity index (χ4n) is 3.85. The third-order valence-electron chi connectivity index (χ3n) is 5.33. The van der Waals surface area contributed by atoms with Crippen LogP contribution in [0.5, 0.6) is 0 Å². The second-order valence-electron chi connectivity index (χ2n) is 6.62. The minimum absolute atomic E-state index is 0.0109. The quantitative estimate of drug-likeness (QED) is 0.711. The zero-order valence-electron chi connectivity index (χ0n) is 13.2. The summed E-state index contributed by atoms with van der Waals surface area (Å²) in [5.74, 6) is 0.615. The molecule has 1 aliphatic carbocycles. The van der Waals surface area contributed by atoms with Crippen LogP contribution < -0.4 is 5.32 Å². The maximum atomic E-state index is 9.89. The number of aliphatic hydroxyl groups excluding tert-OH is 1. The molecular weight excluding hydrogens is 252 g/mol. The van der Waals surface area contributed by atoms with Gasteiger partial charge in [-0.15, -0.1) is 0 Å². The smallest absolute Gasteiger partial charge is 0.0622 e. The first-order chi connectivity index (χ1) is 9.72. The molecule has 118 valence electrons. The first kappa shape index (κ1) is 16.2. The highest BCUT2D eigenvalue weighted by atomic mass is 16.5. The Balaban J connectivity index is 1.83. The summed E-state index contributed by atoms with van der Waals surface area (Å²) in [6.07, 6.45) is 7.12. The van der Waals surface area contributed by atoms with Crippen LogP contribution in [0.4, 0.5) is 0 Å². The van der Waals surface area contributed by atoms with Gasteiger partial charge in [-0.25, -0.2) is 0 Å². The van der Waals surface area contributed by atoms with E-state index in [2.05, 4.69) is 24.2 Å². The van der Waals surface area contributed by atoms with Crippen molar-refractivity contribution in [1.29, 1.82) is 0 Å². The number of rotatable bonds is 8. The summed E-state index contributed by atoms with van der Waals surface area (Å²) in [6.45, 7) is 6.42. The maximum Gasteiger partial charge on any atom is 0.0622 e. The molecule has 3 unspecified atom stereocenters. The topological polar surface area (TPSA) is 44.7 Å². The minimum Gasteiger partial charge on any atom is -0.394 e. The van der Waals surface area contributed by atoms with E-state index in [4.69, 9.17) is 4.74 Å². The Morgan fingerprint density at radius 2 is 2.25 bits per heavy atom. The zero-order valence-corrected chi connectivity index (χ0v) is 13.2. The van der Waals surface area contributed by atoms with Crippen LogP contribution in [-0.2, 0) is 4.74 Å². The van der Waals surface area contributed by atoms with Gasteiger partial charge in [0.15, 0.2) is 0 Å². The summed E-state index contributed by atoms with van der Waals surface area (Å²) in [5, 5.41) is 13.5. The number of likely N-dealkylation sites (N-methyl/N-ethyl adjacent to an activating group) is 1. The van der Waals surface area contributed by atoms with Crippen LogP contribution in [-0.4, -0.2) is 61.5 Å². The Hall–Kier alpha value is -0.160. The summed E-state index contributed by atoms with van der Waals surface area (Å²) in [5.41, 5.74) is -0.0109. The van der Waals surface area contributed by atoms with Gasteiger partial charge in [-0.1, -0.05) is 13.3 Å². The lowest BCUT2D eigenvalue weighted by Gasteiger charge is -2.36. The third kappa shape index (κ3) is 3.73. The lowest BCUT2D eigenvalue weighted by molar-refractivity contribution is 0.106. The second-order valence-corrected chi connectivity index (χ2v) is 6.62. The Morgan fingerprint density at radius 3 is 2.90 bits per heavy atom. The molecule has 2 rings (SSSR count). The second kappa shape index (κ2) is 7.74. The van der Waals surface area contributed by atoms with Gasteiger partial charge in [0.05, 0.1) is 13.2 Å². The summed E-state index contributed by atoms with van der Waals surface area (Å²) >= 11 is 0. The predicted molar refractivity (Wildman–Crippen MR) is 81.9 cm³/mol. The van der Waals surface area contributed by atoms with Crippen molar-refractivity contribution < 1.29 is 9.84 Å². The van der Waals surface area contributed by atoms with E-state index in [0.29, 0.717) is 12.0 Å². The molecule has 3 atom stereocenters. The lowest BCUT2D eigenvalue weighted by atomic mass is 9.85. The highest BCUT2D eigenvalue weighted by Crippen LogP contribution is 2.38. The molecule has 1 saturated heterocycles. The van der Waals surface area contributed by atoms with E-state index in [1.807, 2.05) is 0 Å². The molecule has 2 aliphatic rings. The molecule has 0 amide bonds. The number of nitrogens with one attached hydrogen (secondary N) is 1. The van der Waals surface area contributed by atoms with Gasteiger partial charge in [0.25, 0.3) is 0 Å². The summed E-state index contributed by atoms with van der Waals surface area (Å²) < 4.78 is 5.47. The van der Waals surface area contributed by atoms with E-state index < -0.39 is 0 Å². The monoisotopic (exact) mass is 284 g/mol. The first-order valence-electron chi connectivity index (χ1n) is 8.35. The molecule has 0 aromatic carbocycles. The predicted octanol–water partition coefficient (Wildman–Crippen LogP) is 1.63. The molecule has 4 heteroatoms. The molecule has 2 fully saturated rings. The zero-order chi connectivity index (χ0) is 14.4. The van der Waals surface area contributed by atoms with Crippen LogP contribution in [0.1, 0.15) is 45.4 Å². The van der Waals surface area contributed by atoms with Crippen LogP contribution in [0.15, 0.2) is 0 Å². The molecule has 1 heterocycles. The average molecular weight is 284 g/mol. The highest BCUT2D eigenvalue weighted by Gasteiger charge is 2.41. The molecule has 1 aliphatic heterocycles. The van der Waals surface area contributed by atoms with Crippen LogP contribution in [0, 0.1) is 5.92 Å². The van der Waals surface area contributed by atoms with Gasteiger partial charge >= 0.3 is 0 Å². The molecule has 0 aromatic heterocycles. The molecule has 20 heavy (non-hydrogen) atoms. The number of hydrogen-bond donors (Lipinski definition) is 2. The molecular formula is C16H32N2O2.